The van der Waals surface area contributed by atoms with Gasteiger partial charge in [-0.05, 0) is 29.1 Å². The van der Waals surface area contributed by atoms with Gasteiger partial charge in [0.15, 0.2) is 0 Å². The summed E-state index contributed by atoms with van der Waals surface area (Å²) >= 11 is 8.49. The second-order valence-electron chi connectivity index (χ2n) is 4.01. The number of rotatable bonds is 3. The van der Waals surface area contributed by atoms with Crippen LogP contribution in [-0.2, 0) is 4.79 Å². The predicted molar refractivity (Wildman–Crippen MR) is 72.9 cm³/mol. The first-order valence-corrected chi connectivity index (χ1v) is 6.61. The number of hydrogen-bond donors (Lipinski definition) is 3. The third-order valence-corrected chi connectivity index (χ3v) is 3.94. The van der Waals surface area contributed by atoms with E-state index in [1.54, 1.807) is 12.1 Å². The molecule has 1 aliphatic rings. The molecule has 5 heteroatoms. The Bertz CT molecular complexity index is 458. The number of fused-ring (bicyclic) bond motifs is 1. The van der Waals surface area contributed by atoms with Crippen LogP contribution in [-0.4, -0.2) is 23.3 Å². The van der Waals surface area contributed by atoms with Crippen LogP contribution in [0.3, 0.4) is 0 Å². The molecular formula is C12H13NO2S2. The van der Waals surface area contributed by atoms with Crippen molar-refractivity contribution in [3.05, 3.63) is 35.4 Å². The van der Waals surface area contributed by atoms with Gasteiger partial charge in [-0.15, -0.1) is 0 Å². The minimum atomic E-state index is -0.334. The van der Waals surface area contributed by atoms with E-state index in [4.69, 9.17) is 0 Å². The van der Waals surface area contributed by atoms with Gasteiger partial charge in [-0.3, -0.25) is 14.9 Å². The summed E-state index contributed by atoms with van der Waals surface area (Å²) in [7, 11) is 0. The van der Waals surface area contributed by atoms with Crippen molar-refractivity contribution in [1.29, 1.82) is 0 Å². The summed E-state index contributed by atoms with van der Waals surface area (Å²) in [6.45, 7) is 0. The molecule has 0 saturated carbocycles. The van der Waals surface area contributed by atoms with E-state index >= 15 is 0 Å². The van der Waals surface area contributed by atoms with Crippen molar-refractivity contribution in [3.8, 4) is 0 Å². The zero-order valence-electron chi connectivity index (χ0n) is 9.09. The fourth-order valence-corrected chi connectivity index (χ4v) is 2.99. The lowest BCUT2D eigenvalue weighted by atomic mass is 9.82. The van der Waals surface area contributed by atoms with Crippen molar-refractivity contribution in [2.75, 3.05) is 11.5 Å². The maximum absolute atomic E-state index is 11.9. The average molecular weight is 267 g/mol. The van der Waals surface area contributed by atoms with Gasteiger partial charge in [-0.2, -0.15) is 25.3 Å². The lowest BCUT2D eigenvalue weighted by Crippen LogP contribution is -2.43. The molecule has 1 unspecified atom stereocenters. The maximum atomic E-state index is 11.9. The minimum absolute atomic E-state index is 0.0240. The Kier molecular flexibility index (Phi) is 3.79. The molecule has 90 valence electrons. The number of hydrogen-bond acceptors (Lipinski definition) is 4. The summed E-state index contributed by atoms with van der Waals surface area (Å²) in [6.07, 6.45) is 0. The van der Waals surface area contributed by atoms with Crippen LogP contribution < -0.4 is 5.32 Å². The molecule has 1 aromatic carbocycles. The molecule has 0 bridgehead atoms. The molecule has 0 spiro atoms. The summed E-state index contributed by atoms with van der Waals surface area (Å²) in [4.78, 5) is 23.6. The van der Waals surface area contributed by atoms with Crippen molar-refractivity contribution in [1.82, 2.24) is 5.32 Å². The molecule has 1 N–H and O–H groups in total. The van der Waals surface area contributed by atoms with Gasteiger partial charge in [0.2, 0.25) is 5.91 Å². The van der Waals surface area contributed by atoms with E-state index in [0.29, 0.717) is 17.1 Å². The highest BCUT2D eigenvalue weighted by Crippen LogP contribution is 2.32. The van der Waals surface area contributed by atoms with E-state index in [9.17, 15) is 9.59 Å². The van der Waals surface area contributed by atoms with E-state index < -0.39 is 0 Å². The van der Waals surface area contributed by atoms with E-state index in [-0.39, 0.29) is 23.7 Å². The third-order valence-electron chi connectivity index (χ3n) is 3.00. The molecular weight excluding hydrogens is 254 g/mol. The number of thiol groups is 2. The Morgan fingerprint density at radius 3 is 2.47 bits per heavy atom. The lowest BCUT2D eigenvalue weighted by Gasteiger charge is -2.29. The number of carbonyl (C=O) groups is 2. The lowest BCUT2D eigenvalue weighted by molar-refractivity contribution is -0.122. The molecule has 1 aromatic rings. The zero-order chi connectivity index (χ0) is 12.4. The van der Waals surface area contributed by atoms with Gasteiger partial charge in [-0.25, -0.2) is 0 Å². The number of imide groups is 1. The third kappa shape index (κ3) is 2.21. The predicted octanol–water partition coefficient (Wildman–Crippen LogP) is 1.52. The van der Waals surface area contributed by atoms with Crippen LogP contribution in [0.2, 0.25) is 0 Å². The van der Waals surface area contributed by atoms with Gasteiger partial charge >= 0.3 is 0 Å². The largest absolute Gasteiger partial charge is 0.292 e. The first-order valence-electron chi connectivity index (χ1n) is 5.35. The van der Waals surface area contributed by atoms with Crippen LogP contribution in [0.1, 0.15) is 21.8 Å². The second-order valence-corrected chi connectivity index (χ2v) is 4.74. The highest BCUT2D eigenvalue weighted by Gasteiger charge is 2.36. The van der Waals surface area contributed by atoms with Gasteiger partial charge in [0.1, 0.15) is 0 Å². The Balaban J connectivity index is 2.49. The molecule has 3 nitrogen and oxygen atoms in total. The first kappa shape index (κ1) is 12.5. The normalized spacial score (nSPS) is 19.1. The van der Waals surface area contributed by atoms with Gasteiger partial charge in [-0.1, -0.05) is 18.2 Å². The molecule has 1 aliphatic heterocycles. The van der Waals surface area contributed by atoms with Crippen LogP contribution in [0, 0.1) is 5.92 Å². The molecule has 2 rings (SSSR count). The molecule has 2 amide bonds. The van der Waals surface area contributed by atoms with Gasteiger partial charge in [0, 0.05) is 5.56 Å². The summed E-state index contributed by atoms with van der Waals surface area (Å²) in [6, 6.07) is 7.20. The fraction of sp³-hybridized carbons (Fsp3) is 0.333. The van der Waals surface area contributed by atoms with Crippen molar-refractivity contribution >= 4 is 37.1 Å². The Morgan fingerprint density at radius 2 is 1.82 bits per heavy atom. The number of amides is 2. The van der Waals surface area contributed by atoms with Gasteiger partial charge in [0.25, 0.3) is 5.91 Å². The molecule has 0 aliphatic carbocycles. The number of nitrogens with one attached hydrogen (secondary N) is 1. The van der Waals surface area contributed by atoms with E-state index in [0.717, 1.165) is 5.56 Å². The van der Waals surface area contributed by atoms with E-state index in [2.05, 4.69) is 30.6 Å². The average Bonchev–Trinajstić information content (AvgIpc) is 2.34. The Labute approximate surface area is 111 Å². The Morgan fingerprint density at radius 1 is 1.18 bits per heavy atom. The van der Waals surface area contributed by atoms with Crippen LogP contribution in [0.15, 0.2) is 24.3 Å². The van der Waals surface area contributed by atoms with Crippen LogP contribution >= 0.6 is 25.3 Å². The van der Waals surface area contributed by atoms with Crippen molar-refractivity contribution in [2.45, 2.75) is 5.92 Å². The molecule has 0 fully saturated rings. The number of carbonyl (C=O) groups excluding carboxylic acids is 2. The monoisotopic (exact) mass is 267 g/mol. The standard InChI is InChI=1S/C12H13NO2S2/c14-11-9-4-2-1-3-8(9)10(12(15)13-11)7(5-16)6-17/h1-4,7,10,16-17H,5-6H2,(H,13,14,15). The van der Waals surface area contributed by atoms with E-state index in [1.165, 1.54) is 0 Å². The molecule has 1 heterocycles. The van der Waals surface area contributed by atoms with Gasteiger partial charge < -0.3 is 0 Å². The van der Waals surface area contributed by atoms with Crippen molar-refractivity contribution < 1.29 is 9.59 Å². The number of benzene rings is 1. The van der Waals surface area contributed by atoms with Crippen LogP contribution in [0.5, 0.6) is 0 Å². The summed E-state index contributed by atoms with van der Waals surface area (Å²) < 4.78 is 0. The SMILES string of the molecule is O=C1NC(=O)C(C(CS)CS)c2ccccc21. The van der Waals surface area contributed by atoms with Crippen LogP contribution in [0.25, 0.3) is 0 Å². The highest BCUT2D eigenvalue weighted by molar-refractivity contribution is 7.81. The minimum Gasteiger partial charge on any atom is -0.292 e. The molecule has 0 aromatic heterocycles. The van der Waals surface area contributed by atoms with Crippen molar-refractivity contribution in [3.63, 3.8) is 0 Å². The molecule has 0 radical (unpaired) electrons. The first-order chi connectivity index (χ1) is 8.19. The maximum Gasteiger partial charge on any atom is 0.258 e. The summed E-state index contributed by atoms with van der Waals surface area (Å²) in [5, 5.41) is 2.39. The fourth-order valence-electron chi connectivity index (χ4n) is 2.11. The van der Waals surface area contributed by atoms with Crippen molar-refractivity contribution in [2.24, 2.45) is 5.92 Å². The smallest absolute Gasteiger partial charge is 0.258 e. The summed E-state index contributed by atoms with van der Waals surface area (Å²) in [5.74, 6) is 0.240. The van der Waals surface area contributed by atoms with Crippen LogP contribution in [0.4, 0.5) is 0 Å². The topological polar surface area (TPSA) is 46.2 Å². The molecule has 0 saturated heterocycles. The van der Waals surface area contributed by atoms with Gasteiger partial charge in [0.05, 0.1) is 5.92 Å². The Hall–Kier alpha value is -0.940. The zero-order valence-corrected chi connectivity index (χ0v) is 10.9. The molecule has 17 heavy (non-hydrogen) atoms. The second kappa shape index (κ2) is 5.14. The summed E-state index contributed by atoms with van der Waals surface area (Å²) in [5.41, 5.74) is 1.36. The molecule has 1 atom stereocenters. The van der Waals surface area contributed by atoms with E-state index in [1.807, 2.05) is 12.1 Å². The highest BCUT2D eigenvalue weighted by atomic mass is 32.1. The quantitative estimate of drug-likeness (QED) is 0.574.